The molecule has 0 amide bonds. The lowest BCUT2D eigenvalue weighted by molar-refractivity contribution is -0.226. The normalized spacial score (nSPS) is 31.2. The number of benzene rings is 1. The molecule has 5 heteroatoms. The van der Waals surface area contributed by atoms with Crippen molar-refractivity contribution in [2.75, 3.05) is 0 Å². The van der Waals surface area contributed by atoms with Crippen LogP contribution in [0.25, 0.3) is 0 Å². The maximum Gasteiger partial charge on any atom is 0.338 e. The third-order valence-corrected chi connectivity index (χ3v) is 8.94. The second kappa shape index (κ2) is 10.2. The number of fused-ring (bicyclic) bond motifs is 1. The van der Waals surface area contributed by atoms with E-state index < -0.39 is 29.6 Å². The molecule has 0 bridgehead atoms. The van der Waals surface area contributed by atoms with Crippen LogP contribution in [0.15, 0.2) is 12.1 Å². The zero-order valence-corrected chi connectivity index (χ0v) is 20.0. The number of aryl methyl sites for hydroxylation is 1. The largest absolute Gasteiger partial charge is 0.338 e. The summed E-state index contributed by atoms with van der Waals surface area (Å²) >= 11 is 0. The van der Waals surface area contributed by atoms with Crippen LogP contribution in [0.3, 0.4) is 0 Å². The maximum atomic E-state index is 14.6. The Kier molecular flexibility index (Phi) is 7.75. The van der Waals surface area contributed by atoms with Crippen molar-refractivity contribution in [3.63, 3.8) is 0 Å². The van der Waals surface area contributed by atoms with E-state index in [1.54, 1.807) is 6.07 Å². The Hall–Kier alpha value is -1.13. The average Bonchev–Trinajstić information content (AvgIpc) is 2.80. The molecular formula is C28H39F5. The summed E-state index contributed by atoms with van der Waals surface area (Å²) in [5.74, 6) is -7.23. The van der Waals surface area contributed by atoms with Gasteiger partial charge in [0.1, 0.15) is 5.82 Å². The third-order valence-electron chi connectivity index (χ3n) is 8.94. The van der Waals surface area contributed by atoms with Crippen molar-refractivity contribution in [2.24, 2.45) is 17.8 Å². The zero-order chi connectivity index (χ0) is 23.6. The predicted octanol–water partition coefficient (Wildman–Crippen LogP) is 9.55. The van der Waals surface area contributed by atoms with E-state index >= 15 is 0 Å². The quantitative estimate of drug-likeness (QED) is 0.275. The van der Waals surface area contributed by atoms with Crippen LogP contribution in [0, 0.1) is 23.6 Å². The van der Waals surface area contributed by atoms with Crippen molar-refractivity contribution in [3.05, 3.63) is 34.6 Å². The number of rotatable bonds is 7. The fourth-order valence-electron chi connectivity index (χ4n) is 6.83. The lowest BCUT2D eigenvalue weighted by Gasteiger charge is -2.38. The van der Waals surface area contributed by atoms with Crippen LogP contribution < -0.4 is 0 Å². The summed E-state index contributed by atoms with van der Waals surface area (Å²) in [7, 11) is 0. The van der Waals surface area contributed by atoms with Gasteiger partial charge in [0, 0.05) is 6.42 Å². The molecule has 33 heavy (non-hydrogen) atoms. The third kappa shape index (κ3) is 5.27. The van der Waals surface area contributed by atoms with Gasteiger partial charge in [0.15, 0.2) is 0 Å². The van der Waals surface area contributed by atoms with Gasteiger partial charge in [-0.15, -0.1) is 0 Å². The van der Waals surface area contributed by atoms with Gasteiger partial charge in [-0.05, 0) is 85.8 Å². The number of halogens is 5. The number of unbranched alkanes of at least 4 members (excludes halogenated alkanes) is 3. The Bertz CT molecular complexity index is 786. The maximum absolute atomic E-state index is 14.6. The molecule has 186 valence electrons. The molecule has 0 N–H and O–H groups in total. The Morgan fingerprint density at radius 3 is 2.09 bits per heavy atom. The van der Waals surface area contributed by atoms with E-state index in [9.17, 15) is 22.0 Å². The molecule has 0 aliphatic heterocycles. The van der Waals surface area contributed by atoms with Gasteiger partial charge < -0.3 is 0 Å². The van der Waals surface area contributed by atoms with Crippen molar-refractivity contribution in [1.29, 1.82) is 0 Å². The highest BCUT2D eigenvalue weighted by molar-refractivity contribution is 5.41. The van der Waals surface area contributed by atoms with Crippen LogP contribution in [0.2, 0.25) is 0 Å². The van der Waals surface area contributed by atoms with E-state index in [0.29, 0.717) is 5.92 Å². The Balaban J connectivity index is 1.31. The molecule has 0 spiro atoms. The average molecular weight is 471 g/mol. The molecule has 0 unspecified atom stereocenters. The summed E-state index contributed by atoms with van der Waals surface area (Å²) in [6.45, 7) is 2.25. The molecule has 2 saturated carbocycles. The van der Waals surface area contributed by atoms with Gasteiger partial charge in [-0.25, -0.2) is 4.39 Å². The Morgan fingerprint density at radius 1 is 0.818 bits per heavy atom. The fourth-order valence-corrected chi connectivity index (χ4v) is 6.83. The monoisotopic (exact) mass is 470 g/mol. The minimum Gasteiger partial charge on any atom is -0.206 e. The van der Waals surface area contributed by atoms with Crippen LogP contribution in [-0.2, 0) is 12.3 Å². The minimum absolute atomic E-state index is 0.0697. The lowest BCUT2D eigenvalue weighted by Crippen LogP contribution is -2.43. The second-order valence-electron chi connectivity index (χ2n) is 11.1. The van der Waals surface area contributed by atoms with E-state index in [-0.39, 0.29) is 17.9 Å². The van der Waals surface area contributed by atoms with Crippen LogP contribution in [-0.4, -0.2) is 5.92 Å². The lowest BCUT2D eigenvalue weighted by atomic mass is 9.67. The first-order valence-corrected chi connectivity index (χ1v) is 13.3. The number of hydrogen-bond acceptors (Lipinski definition) is 0. The molecule has 0 atom stereocenters. The van der Waals surface area contributed by atoms with Gasteiger partial charge in [-0.1, -0.05) is 57.9 Å². The molecule has 0 aromatic heterocycles. The first-order valence-electron chi connectivity index (χ1n) is 13.3. The van der Waals surface area contributed by atoms with Crippen LogP contribution in [0.5, 0.6) is 0 Å². The van der Waals surface area contributed by atoms with E-state index in [0.717, 1.165) is 49.1 Å². The summed E-state index contributed by atoms with van der Waals surface area (Å²) in [6.07, 6.45) is 15.1. The summed E-state index contributed by atoms with van der Waals surface area (Å²) in [6, 6.07) is 2.71. The van der Waals surface area contributed by atoms with Crippen molar-refractivity contribution in [2.45, 2.75) is 121 Å². The molecule has 0 nitrogen and oxygen atoms in total. The summed E-state index contributed by atoms with van der Waals surface area (Å²) in [4.78, 5) is 0. The van der Waals surface area contributed by atoms with Gasteiger partial charge in [-0.2, -0.15) is 17.6 Å². The second-order valence-corrected chi connectivity index (χ2v) is 11.1. The van der Waals surface area contributed by atoms with Crippen molar-refractivity contribution in [3.8, 4) is 0 Å². The van der Waals surface area contributed by atoms with Gasteiger partial charge in [0.25, 0.3) is 0 Å². The molecule has 3 aliphatic carbocycles. The molecule has 1 aromatic rings. The van der Waals surface area contributed by atoms with Gasteiger partial charge in [0.05, 0.1) is 5.56 Å². The van der Waals surface area contributed by atoms with E-state index in [1.165, 1.54) is 57.8 Å². The molecular weight excluding hydrogens is 431 g/mol. The Morgan fingerprint density at radius 2 is 1.45 bits per heavy atom. The van der Waals surface area contributed by atoms with Gasteiger partial charge >= 0.3 is 11.8 Å². The van der Waals surface area contributed by atoms with Gasteiger partial charge in [-0.3, -0.25) is 0 Å². The summed E-state index contributed by atoms with van der Waals surface area (Å²) in [5.41, 5.74) is -0.288. The molecule has 3 aliphatic rings. The van der Waals surface area contributed by atoms with E-state index in [1.807, 2.05) is 0 Å². The van der Waals surface area contributed by atoms with Crippen LogP contribution in [0.4, 0.5) is 22.0 Å². The first-order chi connectivity index (χ1) is 15.7. The highest BCUT2D eigenvalue weighted by atomic mass is 19.3. The Labute approximate surface area is 195 Å². The van der Waals surface area contributed by atoms with E-state index in [2.05, 4.69) is 6.92 Å². The smallest absolute Gasteiger partial charge is 0.206 e. The fraction of sp³-hybridized carbons (Fsp3) is 0.786. The molecule has 1 aromatic carbocycles. The number of alkyl halides is 4. The molecule has 2 fully saturated rings. The number of hydrogen-bond donors (Lipinski definition) is 0. The molecule has 0 heterocycles. The molecule has 4 rings (SSSR count). The highest BCUT2D eigenvalue weighted by Gasteiger charge is 2.61. The van der Waals surface area contributed by atoms with E-state index in [4.69, 9.17) is 0 Å². The first kappa shape index (κ1) is 25.0. The van der Waals surface area contributed by atoms with Crippen LogP contribution in [0.1, 0.15) is 119 Å². The molecule has 0 saturated heterocycles. The highest BCUT2D eigenvalue weighted by Crippen LogP contribution is 2.52. The van der Waals surface area contributed by atoms with Crippen molar-refractivity contribution >= 4 is 0 Å². The van der Waals surface area contributed by atoms with Gasteiger partial charge in [0.2, 0.25) is 0 Å². The minimum atomic E-state index is -4.43. The molecule has 0 radical (unpaired) electrons. The standard InChI is InChI=1S/C28H39F5/c1-2-3-4-5-6-19-7-9-20(10-8-19)21-11-13-22(14-12-21)24-17-23-15-16-27(30,31)28(32,33)26(23)25(29)18-24/h17-22H,2-16H2,1H3. The summed E-state index contributed by atoms with van der Waals surface area (Å²) < 4.78 is 70.5. The van der Waals surface area contributed by atoms with Crippen molar-refractivity contribution in [1.82, 2.24) is 0 Å². The SMILES string of the molecule is CCCCCCC1CCC(C2CCC(c3cc(F)c4c(c3)CCC(F)(F)C4(F)F)CC2)CC1. The summed E-state index contributed by atoms with van der Waals surface area (Å²) in [5, 5.41) is 0. The predicted molar refractivity (Wildman–Crippen MR) is 122 cm³/mol. The van der Waals surface area contributed by atoms with Crippen molar-refractivity contribution < 1.29 is 22.0 Å². The van der Waals surface area contributed by atoms with Crippen LogP contribution >= 0.6 is 0 Å². The zero-order valence-electron chi connectivity index (χ0n) is 20.0. The topological polar surface area (TPSA) is 0 Å².